The third-order valence-corrected chi connectivity index (χ3v) is 8.80. The smallest absolute Gasteiger partial charge is 0.383 e. The number of nitrogens with two attached hydrogens (primary N) is 1. The topological polar surface area (TPSA) is 75.9 Å². The zero-order valence-corrected chi connectivity index (χ0v) is 21.2. The molecule has 0 radical (unpaired) electrons. The van der Waals surface area contributed by atoms with Crippen LogP contribution in [0.4, 0.5) is 13.2 Å². The third-order valence-electron chi connectivity index (χ3n) is 6.78. The Kier molecular flexibility index (Phi) is 11.0. The maximum Gasteiger partial charge on any atom is 0.389 e. The molecule has 0 saturated carbocycles. The van der Waals surface area contributed by atoms with E-state index in [0.717, 1.165) is 24.9 Å². The van der Waals surface area contributed by atoms with Gasteiger partial charge in [0.15, 0.2) is 0 Å². The molecule has 0 aliphatic carbocycles. The summed E-state index contributed by atoms with van der Waals surface area (Å²) >= 11 is 0. The number of primary amides is 1. The number of alkyl halides is 3. The summed E-state index contributed by atoms with van der Waals surface area (Å²) in [5.74, 6) is -0.345. The van der Waals surface area contributed by atoms with Gasteiger partial charge in [-0.15, -0.1) is 0 Å². The number of piperidine rings is 1. The van der Waals surface area contributed by atoms with Gasteiger partial charge in [-0.2, -0.15) is 13.2 Å². The Labute approximate surface area is 203 Å². The predicted octanol–water partition coefficient (Wildman–Crippen LogP) is 3.63. The summed E-state index contributed by atoms with van der Waals surface area (Å²) in [6, 6.07) is 7.28. The van der Waals surface area contributed by atoms with Crippen LogP contribution >= 0.6 is 0 Å². The van der Waals surface area contributed by atoms with Crippen LogP contribution in [-0.2, 0) is 26.9 Å². The van der Waals surface area contributed by atoms with E-state index in [-0.39, 0.29) is 12.3 Å². The first-order valence-electron chi connectivity index (χ1n) is 11.8. The Morgan fingerprint density at radius 1 is 1.26 bits per heavy atom. The monoisotopic (exact) mass is 505 g/mol. The minimum atomic E-state index is -4.16. The fourth-order valence-corrected chi connectivity index (χ4v) is 6.00. The molecule has 2 atom stereocenters. The van der Waals surface area contributed by atoms with Gasteiger partial charge in [-0.1, -0.05) is 31.2 Å². The number of amides is 1. The van der Waals surface area contributed by atoms with E-state index in [0.29, 0.717) is 44.6 Å². The Bertz CT molecular complexity index is 797. The molecular formula is C24H38F3N3O3S. The minimum Gasteiger partial charge on any atom is -0.383 e. The number of carbonyl (C=O) groups is 1. The van der Waals surface area contributed by atoms with Gasteiger partial charge in [-0.05, 0) is 56.2 Å². The highest BCUT2D eigenvalue weighted by Gasteiger charge is 2.47. The second-order valence-electron chi connectivity index (χ2n) is 9.04. The van der Waals surface area contributed by atoms with Crippen molar-refractivity contribution >= 4 is 16.9 Å². The van der Waals surface area contributed by atoms with Crippen LogP contribution in [0.5, 0.6) is 0 Å². The van der Waals surface area contributed by atoms with Crippen LogP contribution in [0.15, 0.2) is 24.3 Å². The average molecular weight is 506 g/mol. The van der Waals surface area contributed by atoms with Crippen LogP contribution in [0.3, 0.4) is 0 Å². The van der Waals surface area contributed by atoms with E-state index in [2.05, 4.69) is 11.8 Å². The van der Waals surface area contributed by atoms with E-state index in [9.17, 15) is 22.2 Å². The molecule has 1 heterocycles. The summed E-state index contributed by atoms with van der Waals surface area (Å²) in [4.78, 5) is 14.6. The van der Waals surface area contributed by atoms with Gasteiger partial charge < -0.3 is 15.4 Å². The molecule has 34 heavy (non-hydrogen) atoms. The summed E-state index contributed by atoms with van der Waals surface area (Å²) in [7, 11) is 1.85. The van der Waals surface area contributed by atoms with Gasteiger partial charge in [0.25, 0.3) is 0 Å². The molecule has 1 aromatic rings. The summed E-state index contributed by atoms with van der Waals surface area (Å²) in [6.45, 7) is 5.23. The molecule has 0 aromatic heterocycles. The number of carbonyl (C=O) groups excluding carboxylic acids is 1. The number of ether oxygens (including phenoxy) is 1. The normalized spacial score (nSPS) is 18.7. The number of likely N-dealkylation sites (tertiary alicyclic amines) is 1. The van der Waals surface area contributed by atoms with Gasteiger partial charge in [0, 0.05) is 39.7 Å². The number of rotatable bonds is 13. The van der Waals surface area contributed by atoms with Crippen LogP contribution < -0.4 is 5.73 Å². The van der Waals surface area contributed by atoms with Crippen molar-refractivity contribution in [3.8, 4) is 0 Å². The second-order valence-corrected chi connectivity index (χ2v) is 10.9. The Balaban J connectivity index is 1.96. The summed E-state index contributed by atoms with van der Waals surface area (Å²) in [5.41, 5.74) is 7.46. The van der Waals surface area contributed by atoms with Crippen molar-refractivity contribution in [1.29, 1.82) is 0 Å². The fourth-order valence-electron chi connectivity index (χ4n) is 4.43. The highest BCUT2D eigenvalue weighted by atomic mass is 32.2. The quantitative estimate of drug-likeness (QED) is 0.444. The van der Waals surface area contributed by atoms with Gasteiger partial charge in [0.2, 0.25) is 5.91 Å². The molecule has 1 fully saturated rings. The lowest BCUT2D eigenvalue weighted by Crippen LogP contribution is -2.58. The van der Waals surface area contributed by atoms with Crippen molar-refractivity contribution in [1.82, 2.24) is 9.21 Å². The molecule has 10 heteroatoms. The highest BCUT2D eigenvalue weighted by molar-refractivity contribution is 7.85. The Morgan fingerprint density at radius 3 is 2.38 bits per heavy atom. The largest absolute Gasteiger partial charge is 0.389 e. The predicted molar refractivity (Wildman–Crippen MR) is 129 cm³/mol. The molecule has 2 rings (SSSR count). The summed E-state index contributed by atoms with van der Waals surface area (Å²) in [6.07, 6.45) is -2.56. The standard InChI is InChI=1S/C24H38F3N3O3S/c1-4-20(21-7-5-19(6-8-21)9-11-24(25,26)27)10-14-29(2)34(32)23(22(28)31)12-15-30(16-13-23)17-18-33-3/h5-8,20H,4,9-18H2,1-3H3,(H2,28,31). The third kappa shape index (κ3) is 8.03. The van der Waals surface area contributed by atoms with Gasteiger partial charge in [0.05, 0.1) is 6.61 Å². The number of halogens is 3. The van der Waals surface area contributed by atoms with Gasteiger partial charge in [-0.25, -0.2) is 8.51 Å². The van der Waals surface area contributed by atoms with E-state index < -0.39 is 34.2 Å². The first-order chi connectivity index (χ1) is 16.0. The molecule has 1 saturated heterocycles. The molecule has 1 amide bonds. The number of hydrogen-bond acceptors (Lipinski definition) is 4. The molecule has 0 bridgehead atoms. The lowest BCUT2D eigenvalue weighted by Gasteiger charge is -2.40. The number of methoxy groups -OCH3 is 1. The van der Waals surface area contributed by atoms with Crippen LogP contribution in [0, 0.1) is 0 Å². The SMILES string of the molecule is CCC(CCN(C)S(=O)C1(C(N)=O)CCN(CCOC)CC1)c1ccc(CCC(F)(F)F)cc1. The maximum atomic E-state index is 13.4. The second kappa shape index (κ2) is 13.0. The first kappa shape index (κ1) is 28.7. The molecule has 6 nitrogen and oxygen atoms in total. The number of benzene rings is 1. The molecule has 1 aliphatic heterocycles. The van der Waals surface area contributed by atoms with Crippen molar-refractivity contribution in [2.45, 2.75) is 62.3 Å². The van der Waals surface area contributed by atoms with Crippen LogP contribution in [0.25, 0.3) is 0 Å². The lowest BCUT2D eigenvalue weighted by atomic mass is 9.92. The molecule has 1 aromatic carbocycles. The zero-order valence-electron chi connectivity index (χ0n) is 20.4. The van der Waals surface area contributed by atoms with Gasteiger partial charge in [0.1, 0.15) is 15.7 Å². The van der Waals surface area contributed by atoms with E-state index in [1.807, 2.05) is 12.1 Å². The van der Waals surface area contributed by atoms with Crippen LogP contribution in [0.2, 0.25) is 0 Å². The Hall–Kier alpha value is -1.49. The average Bonchev–Trinajstić information content (AvgIpc) is 2.81. The van der Waals surface area contributed by atoms with Crippen molar-refractivity contribution in [2.75, 3.05) is 46.9 Å². The molecular weight excluding hydrogens is 467 g/mol. The van der Waals surface area contributed by atoms with Crippen molar-refractivity contribution in [2.24, 2.45) is 5.73 Å². The van der Waals surface area contributed by atoms with E-state index in [4.69, 9.17) is 10.5 Å². The van der Waals surface area contributed by atoms with E-state index in [1.165, 1.54) is 0 Å². The maximum absolute atomic E-state index is 13.4. The number of aryl methyl sites for hydroxylation is 1. The van der Waals surface area contributed by atoms with Crippen molar-refractivity contribution < 1.29 is 26.9 Å². The summed E-state index contributed by atoms with van der Waals surface area (Å²) < 4.78 is 56.6. The van der Waals surface area contributed by atoms with Crippen LogP contribution in [0.1, 0.15) is 56.1 Å². The number of nitrogens with zero attached hydrogens (tertiary/aromatic N) is 2. The van der Waals surface area contributed by atoms with E-state index >= 15 is 0 Å². The summed E-state index contributed by atoms with van der Waals surface area (Å²) in [5, 5.41) is 0. The highest BCUT2D eigenvalue weighted by Crippen LogP contribution is 2.31. The molecule has 1 aliphatic rings. The molecule has 0 spiro atoms. The lowest BCUT2D eigenvalue weighted by molar-refractivity contribution is -0.134. The molecule has 2 unspecified atom stereocenters. The van der Waals surface area contributed by atoms with Gasteiger partial charge >= 0.3 is 6.18 Å². The molecule has 2 N–H and O–H groups in total. The minimum absolute atomic E-state index is 0.0274. The van der Waals surface area contributed by atoms with Crippen molar-refractivity contribution in [3.05, 3.63) is 35.4 Å². The zero-order chi connectivity index (χ0) is 25.4. The fraction of sp³-hybridized carbons (Fsp3) is 0.708. The Morgan fingerprint density at radius 2 is 1.88 bits per heavy atom. The first-order valence-corrected chi connectivity index (χ1v) is 12.9. The number of hydrogen-bond donors (Lipinski definition) is 1. The van der Waals surface area contributed by atoms with Crippen LogP contribution in [-0.4, -0.2) is 77.2 Å². The van der Waals surface area contributed by atoms with Crippen molar-refractivity contribution in [3.63, 3.8) is 0 Å². The molecule has 194 valence electrons. The van der Waals surface area contributed by atoms with Gasteiger partial charge in [-0.3, -0.25) is 4.79 Å². The van der Waals surface area contributed by atoms with E-state index in [1.54, 1.807) is 30.6 Å².